The average Bonchev–Trinajstić information content (AvgIpc) is 3.84. The van der Waals surface area contributed by atoms with Gasteiger partial charge in [0, 0.05) is 43.3 Å². The Morgan fingerprint density at radius 3 is 1.41 bits per heavy atom. The van der Waals surface area contributed by atoms with E-state index in [4.69, 9.17) is 21.1 Å². The molecule has 1 N–H and O–H groups in total. The molecule has 10 rings (SSSR count). The Kier molecular flexibility index (Phi) is 13.5. The van der Waals surface area contributed by atoms with Crippen LogP contribution < -0.4 is 41.4 Å². The number of fused-ring (bicyclic) bond motifs is 2. The Morgan fingerprint density at radius 1 is 0.589 bits per heavy atom. The summed E-state index contributed by atoms with van der Waals surface area (Å²) in [6.07, 6.45) is -8.35. The molecule has 0 radical (unpaired) electrons. The zero-order valence-electron chi connectivity index (χ0n) is 38.8. The summed E-state index contributed by atoms with van der Waals surface area (Å²) in [6, 6.07) is 25.1. The molecule has 2 aliphatic rings. The lowest BCUT2D eigenvalue weighted by Crippen LogP contribution is -2.47. The van der Waals surface area contributed by atoms with Crippen molar-refractivity contribution in [1.29, 1.82) is 0 Å². The molecule has 0 saturated heterocycles. The Morgan fingerprint density at radius 2 is 1.00 bits per heavy atom. The van der Waals surface area contributed by atoms with Crippen molar-refractivity contribution in [3.63, 3.8) is 0 Å². The molecule has 8 aromatic rings. The van der Waals surface area contributed by atoms with Gasteiger partial charge in [-0.3, -0.25) is 37.0 Å². The molecule has 4 aromatic carbocycles. The molecule has 24 heteroatoms. The summed E-state index contributed by atoms with van der Waals surface area (Å²) in [5, 5.41) is 10.2. The van der Waals surface area contributed by atoms with Gasteiger partial charge in [0.25, 0.3) is 11.1 Å². The van der Waals surface area contributed by atoms with Crippen LogP contribution in [0.3, 0.4) is 0 Å². The standard InChI is InChI=1S/C25H22ClF3N4O4.C24H21F3N4O5/c1-14-10-17(11-14)33-22(34)20-21(31(2)24(33)35)30-23(32(20)13-15-6-8-16(26)9-7-15)36-18-4-3-5-19(12-18)37-25(27,28)29;1-29-20-19(21(33)31(23(29)34)15-10-16(32)11-15)30(13-14-6-3-2-4-7-14)22(28-20)35-17-8-5-9-18(12-17)36-24(25,26)27/h3-9,12,14,17H,10-11,13H2,1-2H3;2-9,12,15-16,32H,10-11,13H2,1H3. The number of rotatable bonds is 12. The molecule has 2 saturated carbocycles. The second kappa shape index (κ2) is 19.7. The van der Waals surface area contributed by atoms with E-state index in [1.807, 2.05) is 30.3 Å². The monoisotopic (exact) mass is 1040 g/mol. The average molecular weight is 1040 g/mol. The van der Waals surface area contributed by atoms with Gasteiger partial charge in [0.1, 0.15) is 23.0 Å². The maximum absolute atomic E-state index is 13.7. The number of halogens is 7. The molecular formula is C49H43ClF6N8O9. The van der Waals surface area contributed by atoms with Gasteiger partial charge in [-0.15, -0.1) is 26.3 Å². The number of imidazole rings is 2. The number of hydrogen-bond acceptors (Lipinski definition) is 11. The minimum absolute atomic E-state index is 0.00573. The molecule has 17 nitrogen and oxygen atoms in total. The van der Waals surface area contributed by atoms with Gasteiger partial charge in [0.15, 0.2) is 22.3 Å². The highest BCUT2D eigenvalue weighted by molar-refractivity contribution is 6.30. The van der Waals surface area contributed by atoms with E-state index in [0.717, 1.165) is 40.0 Å². The topological polar surface area (TPSA) is 181 Å². The molecule has 73 heavy (non-hydrogen) atoms. The van der Waals surface area contributed by atoms with Gasteiger partial charge in [0.05, 0.1) is 19.2 Å². The number of benzene rings is 4. The van der Waals surface area contributed by atoms with Crippen molar-refractivity contribution in [2.75, 3.05) is 0 Å². The third kappa shape index (κ3) is 10.7. The lowest BCUT2D eigenvalue weighted by molar-refractivity contribution is -0.275. The third-order valence-electron chi connectivity index (χ3n) is 12.4. The van der Waals surface area contributed by atoms with Crippen LogP contribution in [0.2, 0.25) is 5.02 Å². The van der Waals surface area contributed by atoms with Gasteiger partial charge in [-0.05, 0) is 79.1 Å². The summed E-state index contributed by atoms with van der Waals surface area (Å²) >= 11 is 6.01. The van der Waals surface area contributed by atoms with Crippen molar-refractivity contribution in [3.05, 3.63) is 161 Å². The summed E-state index contributed by atoms with van der Waals surface area (Å²) in [5.41, 5.74) is -0.180. The van der Waals surface area contributed by atoms with Crippen LogP contribution in [0.1, 0.15) is 55.8 Å². The Hall–Kier alpha value is -7.79. The fraction of sp³-hybridized carbons (Fsp3) is 0.306. The van der Waals surface area contributed by atoms with Gasteiger partial charge < -0.3 is 24.1 Å². The Labute approximate surface area is 413 Å². The zero-order chi connectivity index (χ0) is 52.1. The highest BCUT2D eigenvalue weighted by Crippen LogP contribution is 2.37. The number of aromatic nitrogens is 8. The number of aryl methyl sites for hydroxylation is 2. The van der Waals surface area contributed by atoms with Gasteiger partial charge in [-0.1, -0.05) is 73.1 Å². The summed E-state index contributed by atoms with van der Waals surface area (Å²) in [6.45, 7) is 2.33. The Bertz CT molecular complexity index is 3590. The SMILES string of the molecule is CC1CC(n2c(=O)c3c(nc(Oc4cccc(OC(F)(F)F)c4)n3Cc3ccc(Cl)cc3)n(C)c2=O)C1.Cn1c(=O)n(C2CC(O)C2)c(=O)c2c1nc(Oc1cccc(OC(F)(F)F)c1)n2Cc1ccccc1. The van der Waals surface area contributed by atoms with E-state index in [2.05, 4.69) is 26.4 Å². The first-order valence-corrected chi connectivity index (χ1v) is 23.0. The molecule has 0 spiro atoms. The largest absolute Gasteiger partial charge is 0.573 e. The number of ether oxygens (including phenoxy) is 4. The molecule has 4 heterocycles. The summed E-state index contributed by atoms with van der Waals surface area (Å²) < 4.78 is 104. The predicted octanol–water partition coefficient (Wildman–Crippen LogP) is 8.59. The number of aliphatic hydroxyl groups is 1. The number of aliphatic hydroxyl groups excluding tert-OH is 1. The second-order valence-electron chi connectivity index (χ2n) is 17.7. The van der Waals surface area contributed by atoms with E-state index in [1.165, 1.54) is 61.2 Å². The van der Waals surface area contributed by atoms with Crippen molar-refractivity contribution in [1.82, 2.24) is 37.4 Å². The van der Waals surface area contributed by atoms with E-state index in [9.17, 15) is 50.6 Å². The van der Waals surface area contributed by atoms with Crippen molar-refractivity contribution in [3.8, 4) is 35.0 Å². The molecular weight excluding hydrogens is 994 g/mol. The van der Waals surface area contributed by atoms with Crippen molar-refractivity contribution < 1.29 is 50.4 Å². The summed E-state index contributed by atoms with van der Waals surface area (Å²) in [4.78, 5) is 62.0. The van der Waals surface area contributed by atoms with Crippen LogP contribution in [0.5, 0.6) is 35.0 Å². The Balaban J connectivity index is 0.000000180. The van der Waals surface area contributed by atoms with E-state index in [-0.39, 0.29) is 77.8 Å². The smallest absolute Gasteiger partial charge is 0.425 e. The fourth-order valence-electron chi connectivity index (χ4n) is 8.79. The van der Waals surface area contributed by atoms with Crippen LogP contribution in [-0.2, 0) is 27.2 Å². The van der Waals surface area contributed by atoms with Crippen molar-refractivity contribution >= 4 is 33.9 Å². The maximum Gasteiger partial charge on any atom is 0.573 e. The number of hydrogen-bond donors (Lipinski definition) is 1. The summed E-state index contributed by atoms with van der Waals surface area (Å²) in [7, 11) is 2.99. The quantitative estimate of drug-likeness (QED) is 0.116. The van der Waals surface area contributed by atoms with Crippen molar-refractivity contribution in [2.45, 2.75) is 76.6 Å². The molecule has 0 atom stereocenters. The predicted molar refractivity (Wildman–Crippen MR) is 253 cm³/mol. The third-order valence-corrected chi connectivity index (χ3v) is 12.6. The highest BCUT2D eigenvalue weighted by atomic mass is 35.5. The zero-order valence-corrected chi connectivity index (χ0v) is 39.6. The van der Waals surface area contributed by atoms with Gasteiger partial charge in [-0.25, -0.2) is 9.59 Å². The van der Waals surface area contributed by atoms with Gasteiger partial charge in [0.2, 0.25) is 0 Å². The molecule has 0 bridgehead atoms. The van der Waals surface area contributed by atoms with E-state index in [1.54, 1.807) is 24.3 Å². The van der Waals surface area contributed by atoms with Gasteiger partial charge in [-0.2, -0.15) is 9.97 Å². The van der Waals surface area contributed by atoms with Crippen molar-refractivity contribution in [2.24, 2.45) is 20.0 Å². The maximum atomic E-state index is 13.7. The molecule has 0 amide bonds. The molecule has 382 valence electrons. The number of alkyl halides is 6. The fourth-order valence-corrected chi connectivity index (χ4v) is 8.92. The van der Waals surface area contributed by atoms with Crippen LogP contribution in [0.25, 0.3) is 22.3 Å². The van der Waals surface area contributed by atoms with Crippen LogP contribution in [0.15, 0.2) is 122 Å². The summed E-state index contributed by atoms with van der Waals surface area (Å²) in [5.74, 6) is -0.550. The minimum Gasteiger partial charge on any atom is -0.425 e. The highest BCUT2D eigenvalue weighted by Gasteiger charge is 2.36. The van der Waals surface area contributed by atoms with Crippen LogP contribution in [-0.4, -0.2) is 61.3 Å². The van der Waals surface area contributed by atoms with Gasteiger partial charge >= 0.3 is 36.1 Å². The van der Waals surface area contributed by atoms with Crippen LogP contribution in [0.4, 0.5) is 26.3 Å². The molecule has 2 fully saturated rings. The van der Waals surface area contributed by atoms with E-state index < -0.39 is 58.9 Å². The lowest BCUT2D eigenvalue weighted by Gasteiger charge is -2.33. The molecule has 0 unspecified atom stereocenters. The van der Waals surface area contributed by atoms with E-state index >= 15 is 0 Å². The number of nitrogens with zero attached hydrogens (tertiary/aromatic N) is 8. The molecule has 2 aliphatic carbocycles. The second-order valence-corrected chi connectivity index (χ2v) is 18.1. The first kappa shape index (κ1) is 50.2. The minimum atomic E-state index is -4.88. The first-order chi connectivity index (χ1) is 34.6. The first-order valence-electron chi connectivity index (χ1n) is 22.6. The van der Waals surface area contributed by atoms with Crippen LogP contribution in [0, 0.1) is 5.92 Å². The molecule has 0 aliphatic heterocycles. The normalized spacial score (nSPS) is 17.6. The van der Waals surface area contributed by atoms with Crippen LogP contribution >= 0.6 is 11.6 Å². The lowest BCUT2D eigenvalue weighted by atomic mass is 9.82. The van der Waals surface area contributed by atoms with E-state index in [0.29, 0.717) is 23.8 Å². The molecule has 4 aromatic heterocycles.